The van der Waals surface area contributed by atoms with Crippen molar-refractivity contribution in [3.05, 3.63) is 59.6 Å². The van der Waals surface area contributed by atoms with Crippen LogP contribution in [0.5, 0.6) is 0 Å². The van der Waals surface area contributed by atoms with Crippen molar-refractivity contribution in [2.45, 2.75) is 12.9 Å². The lowest BCUT2D eigenvalue weighted by molar-refractivity contribution is -0.421. The lowest BCUT2D eigenvalue weighted by atomic mass is 10.2. The fraction of sp³-hybridized carbons (Fsp3) is 0.250. The second kappa shape index (κ2) is 6.97. The number of allylic oxidation sites excluding steroid dienone is 1. The molecule has 1 heterocycles. The molecular formula is C16H18NO4+. The molecular weight excluding hydrogens is 270 g/mol. The van der Waals surface area contributed by atoms with E-state index in [1.54, 1.807) is 6.20 Å². The Bertz CT molecular complexity index is 586. The average Bonchev–Trinajstić information content (AvgIpc) is 2.52. The maximum Gasteiger partial charge on any atom is 0.289 e. The quantitative estimate of drug-likeness (QED) is 0.592. The summed E-state index contributed by atoms with van der Waals surface area (Å²) >= 11 is 0. The molecule has 1 aliphatic rings. The number of hydrogen-bond acceptors (Lipinski definition) is 4. The van der Waals surface area contributed by atoms with Crippen molar-refractivity contribution in [3.8, 4) is 0 Å². The molecule has 0 aliphatic carbocycles. The van der Waals surface area contributed by atoms with Gasteiger partial charge in [-0.05, 0) is 5.56 Å². The monoisotopic (exact) mass is 288 g/mol. The van der Waals surface area contributed by atoms with Gasteiger partial charge in [0.05, 0.1) is 6.08 Å². The third-order valence-electron chi connectivity index (χ3n) is 3.05. The van der Waals surface area contributed by atoms with Crippen molar-refractivity contribution in [1.29, 1.82) is 0 Å². The summed E-state index contributed by atoms with van der Waals surface area (Å²) in [5.74, 6) is -0.0509. The highest BCUT2D eigenvalue weighted by Crippen LogP contribution is 2.21. The van der Waals surface area contributed by atoms with Crippen LogP contribution in [0.1, 0.15) is 5.56 Å². The molecule has 21 heavy (non-hydrogen) atoms. The molecule has 2 rings (SSSR count). The van der Waals surface area contributed by atoms with Crippen LogP contribution in [-0.4, -0.2) is 37.6 Å². The number of ether oxygens (including phenoxy) is 3. The van der Waals surface area contributed by atoms with Crippen LogP contribution in [0.3, 0.4) is 0 Å². The predicted octanol–water partition coefficient (Wildman–Crippen LogP) is 1.84. The molecule has 5 heteroatoms. The first kappa shape index (κ1) is 15.2. The average molecular weight is 288 g/mol. The normalized spacial score (nSPS) is 15.0. The van der Waals surface area contributed by atoms with Crippen LogP contribution in [0.15, 0.2) is 54.1 Å². The van der Waals surface area contributed by atoms with Crippen molar-refractivity contribution in [1.82, 2.24) is 0 Å². The van der Waals surface area contributed by atoms with E-state index in [0.717, 1.165) is 5.56 Å². The third kappa shape index (κ3) is 3.45. The minimum absolute atomic E-state index is 0.185. The van der Waals surface area contributed by atoms with Crippen molar-refractivity contribution in [2.24, 2.45) is 0 Å². The number of methoxy groups -OCH3 is 2. The summed E-state index contributed by atoms with van der Waals surface area (Å²) in [4.78, 5) is 12.1. The Labute approximate surface area is 123 Å². The summed E-state index contributed by atoms with van der Waals surface area (Å²) in [5.41, 5.74) is 1.41. The Morgan fingerprint density at radius 1 is 1.19 bits per heavy atom. The summed E-state index contributed by atoms with van der Waals surface area (Å²) in [7, 11) is 2.99. The molecule has 0 radical (unpaired) electrons. The van der Waals surface area contributed by atoms with Gasteiger partial charge in [0.15, 0.2) is 6.20 Å². The van der Waals surface area contributed by atoms with Crippen LogP contribution in [0.2, 0.25) is 0 Å². The number of carbonyl (C=O) groups is 1. The summed E-state index contributed by atoms with van der Waals surface area (Å²) in [5, 5.41) is 0. The molecule has 5 nitrogen and oxygen atoms in total. The van der Waals surface area contributed by atoms with E-state index >= 15 is 0 Å². The van der Waals surface area contributed by atoms with E-state index in [0.29, 0.717) is 5.70 Å². The van der Waals surface area contributed by atoms with Gasteiger partial charge in [0.2, 0.25) is 17.8 Å². The second-order valence-electron chi connectivity index (χ2n) is 4.44. The number of ketones is 1. The number of nitrogens with zero attached hydrogens (tertiary/aromatic N) is 1. The van der Waals surface area contributed by atoms with E-state index in [1.165, 1.54) is 24.9 Å². The SMILES string of the molecule is C=[N+]1C=CC(=O)C(OCc2ccccc2)=C1C(OC)OC. The molecule has 0 saturated heterocycles. The molecule has 1 aliphatic heterocycles. The number of hydrogen-bond donors (Lipinski definition) is 0. The van der Waals surface area contributed by atoms with Gasteiger partial charge in [-0.15, -0.1) is 0 Å². The van der Waals surface area contributed by atoms with Crippen LogP contribution in [0.25, 0.3) is 0 Å². The predicted molar refractivity (Wildman–Crippen MR) is 77.6 cm³/mol. The zero-order valence-electron chi connectivity index (χ0n) is 12.1. The zero-order valence-corrected chi connectivity index (χ0v) is 12.1. The zero-order chi connectivity index (χ0) is 15.2. The molecule has 110 valence electrons. The largest absolute Gasteiger partial charge is 0.479 e. The molecule has 1 aromatic rings. The highest BCUT2D eigenvalue weighted by molar-refractivity contribution is 6.03. The van der Waals surface area contributed by atoms with Crippen molar-refractivity contribution >= 4 is 12.5 Å². The molecule has 0 unspecified atom stereocenters. The van der Waals surface area contributed by atoms with Gasteiger partial charge in [-0.3, -0.25) is 4.79 Å². The van der Waals surface area contributed by atoms with Gasteiger partial charge in [-0.2, -0.15) is 4.58 Å². The van der Waals surface area contributed by atoms with Gasteiger partial charge < -0.3 is 14.2 Å². The molecule has 0 fully saturated rings. The van der Waals surface area contributed by atoms with Gasteiger partial charge in [0, 0.05) is 14.2 Å². The Hall–Kier alpha value is -2.24. The van der Waals surface area contributed by atoms with Crippen molar-refractivity contribution in [3.63, 3.8) is 0 Å². The van der Waals surface area contributed by atoms with Crippen LogP contribution in [0, 0.1) is 0 Å². The Balaban J connectivity index is 2.27. The Morgan fingerprint density at radius 2 is 1.86 bits per heavy atom. The van der Waals surface area contributed by atoms with Gasteiger partial charge >= 0.3 is 0 Å². The summed E-state index contributed by atoms with van der Waals surface area (Å²) < 4.78 is 17.6. The maximum atomic E-state index is 12.1. The van der Waals surface area contributed by atoms with Crippen LogP contribution >= 0.6 is 0 Å². The second-order valence-corrected chi connectivity index (χ2v) is 4.44. The first-order valence-corrected chi connectivity index (χ1v) is 6.46. The van der Waals surface area contributed by atoms with Gasteiger partial charge in [0.25, 0.3) is 5.70 Å². The van der Waals surface area contributed by atoms with E-state index in [9.17, 15) is 4.79 Å². The maximum absolute atomic E-state index is 12.1. The topological polar surface area (TPSA) is 47.8 Å². The molecule has 0 atom stereocenters. The Morgan fingerprint density at radius 3 is 2.48 bits per heavy atom. The van der Waals surface area contributed by atoms with E-state index < -0.39 is 6.29 Å². The molecule has 0 N–H and O–H groups in total. The molecule has 0 bridgehead atoms. The van der Waals surface area contributed by atoms with Crippen LogP contribution < -0.4 is 0 Å². The lowest BCUT2D eigenvalue weighted by Gasteiger charge is -2.18. The lowest BCUT2D eigenvalue weighted by Crippen LogP contribution is -2.29. The molecule has 0 saturated carbocycles. The fourth-order valence-electron chi connectivity index (χ4n) is 2.01. The standard InChI is InChI=1S/C16H18NO4/c1-17-10-9-13(18)15(14(17)16(19-2)20-3)21-11-12-7-5-4-6-8-12/h4-10,16H,1,11H2,2-3H3/q+1. The van der Waals surface area contributed by atoms with Crippen molar-refractivity contribution in [2.75, 3.05) is 14.2 Å². The number of rotatable bonds is 6. The first-order chi connectivity index (χ1) is 10.2. The molecule has 0 amide bonds. The van der Waals surface area contributed by atoms with E-state index in [-0.39, 0.29) is 18.1 Å². The van der Waals surface area contributed by atoms with Crippen LogP contribution in [0.4, 0.5) is 0 Å². The highest BCUT2D eigenvalue weighted by Gasteiger charge is 2.34. The summed E-state index contributed by atoms with van der Waals surface area (Å²) in [6, 6.07) is 9.60. The smallest absolute Gasteiger partial charge is 0.289 e. The van der Waals surface area contributed by atoms with E-state index in [2.05, 4.69) is 6.72 Å². The van der Waals surface area contributed by atoms with Gasteiger partial charge in [-0.1, -0.05) is 30.3 Å². The first-order valence-electron chi connectivity index (χ1n) is 6.46. The van der Waals surface area contributed by atoms with Crippen molar-refractivity contribution < 1.29 is 23.6 Å². The van der Waals surface area contributed by atoms with E-state index in [4.69, 9.17) is 14.2 Å². The number of carbonyl (C=O) groups excluding carboxylic acids is 1. The number of benzene rings is 1. The van der Waals surface area contributed by atoms with Gasteiger partial charge in [0.1, 0.15) is 13.3 Å². The van der Waals surface area contributed by atoms with Gasteiger partial charge in [-0.25, -0.2) is 0 Å². The third-order valence-corrected chi connectivity index (χ3v) is 3.05. The molecule has 0 aromatic heterocycles. The fourth-order valence-corrected chi connectivity index (χ4v) is 2.01. The molecule has 0 spiro atoms. The minimum Gasteiger partial charge on any atom is -0.479 e. The summed E-state index contributed by atoms with van der Waals surface area (Å²) in [6.07, 6.45) is 2.24. The van der Waals surface area contributed by atoms with Crippen LogP contribution in [-0.2, 0) is 25.6 Å². The minimum atomic E-state index is -0.720. The highest BCUT2D eigenvalue weighted by atomic mass is 16.7. The summed E-state index contributed by atoms with van der Waals surface area (Å²) in [6.45, 7) is 4.12. The van der Waals surface area contributed by atoms with E-state index in [1.807, 2.05) is 30.3 Å². The molecule has 1 aromatic carbocycles. The Kier molecular flexibility index (Phi) is 5.03.